The zero-order valence-corrected chi connectivity index (χ0v) is 20.6. The maximum atomic E-state index is 13.3. The van der Waals surface area contributed by atoms with Crippen molar-refractivity contribution in [3.8, 4) is 23.3 Å². The molecule has 1 aliphatic heterocycles. The van der Waals surface area contributed by atoms with Crippen molar-refractivity contribution in [1.29, 1.82) is 5.26 Å². The van der Waals surface area contributed by atoms with Gasteiger partial charge in [-0.2, -0.15) is 5.26 Å². The van der Waals surface area contributed by atoms with E-state index in [0.717, 1.165) is 34.6 Å². The van der Waals surface area contributed by atoms with Crippen LogP contribution in [0.3, 0.4) is 0 Å². The van der Waals surface area contributed by atoms with Crippen LogP contribution in [0.5, 0.6) is 17.2 Å². The first-order chi connectivity index (χ1) is 16.9. The van der Waals surface area contributed by atoms with Crippen LogP contribution in [0.15, 0.2) is 59.2 Å². The standard InChI is InChI=1S/C28H30N2O5/c1-5-6-15-35-22-10-7-20(8-11-22)16-23-19(2)24(18-29)28(32)30(27(23)31)14-13-21-9-12-25(33-3)26(17-21)34-4/h7-12,16-17H,5-6,13-15H2,1-4H3/b23-16+. The number of hydrogen-bond donors (Lipinski definition) is 0. The van der Waals surface area contributed by atoms with Crippen molar-refractivity contribution >= 4 is 17.9 Å². The van der Waals surface area contributed by atoms with Crippen molar-refractivity contribution in [1.82, 2.24) is 4.90 Å². The van der Waals surface area contributed by atoms with Crippen molar-refractivity contribution in [2.24, 2.45) is 0 Å². The number of amides is 2. The fourth-order valence-corrected chi connectivity index (χ4v) is 3.77. The van der Waals surface area contributed by atoms with E-state index in [1.54, 1.807) is 33.3 Å². The number of imide groups is 1. The first-order valence-corrected chi connectivity index (χ1v) is 11.6. The molecule has 0 radical (unpaired) electrons. The molecule has 0 aliphatic carbocycles. The van der Waals surface area contributed by atoms with E-state index in [-0.39, 0.29) is 12.1 Å². The summed E-state index contributed by atoms with van der Waals surface area (Å²) in [7, 11) is 3.11. The lowest BCUT2D eigenvalue weighted by Gasteiger charge is -2.27. The Morgan fingerprint density at radius 2 is 1.71 bits per heavy atom. The highest BCUT2D eigenvalue weighted by Crippen LogP contribution is 2.30. The molecule has 0 spiro atoms. The Bertz CT molecular complexity index is 1190. The average Bonchev–Trinajstić information content (AvgIpc) is 2.87. The highest BCUT2D eigenvalue weighted by molar-refractivity contribution is 6.19. The first-order valence-electron chi connectivity index (χ1n) is 11.6. The normalized spacial score (nSPS) is 14.8. The lowest BCUT2D eigenvalue weighted by molar-refractivity contribution is -0.140. The topological polar surface area (TPSA) is 88.9 Å². The van der Waals surface area contributed by atoms with E-state index < -0.39 is 11.8 Å². The number of ether oxygens (including phenoxy) is 3. The summed E-state index contributed by atoms with van der Waals surface area (Å²) in [5.74, 6) is 0.922. The molecule has 182 valence electrons. The lowest BCUT2D eigenvalue weighted by Crippen LogP contribution is -2.43. The molecule has 0 atom stereocenters. The number of nitriles is 1. The molecule has 0 unspecified atom stereocenters. The largest absolute Gasteiger partial charge is 0.494 e. The minimum atomic E-state index is -0.577. The molecular formula is C28H30N2O5. The zero-order chi connectivity index (χ0) is 25.4. The van der Waals surface area contributed by atoms with Crippen LogP contribution >= 0.6 is 0 Å². The van der Waals surface area contributed by atoms with Gasteiger partial charge < -0.3 is 14.2 Å². The maximum absolute atomic E-state index is 13.3. The van der Waals surface area contributed by atoms with Crippen LogP contribution in [0.1, 0.15) is 37.8 Å². The predicted octanol–water partition coefficient (Wildman–Crippen LogP) is 4.72. The van der Waals surface area contributed by atoms with Gasteiger partial charge >= 0.3 is 0 Å². The van der Waals surface area contributed by atoms with Gasteiger partial charge in [0, 0.05) is 12.1 Å². The smallest absolute Gasteiger partial charge is 0.271 e. The molecule has 2 aromatic carbocycles. The third kappa shape index (κ3) is 5.90. The number of carbonyl (C=O) groups is 2. The van der Waals surface area contributed by atoms with E-state index in [1.165, 1.54) is 0 Å². The second kappa shape index (κ2) is 11.9. The van der Waals surface area contributed by atoms with Gasteiger partial charge in [-0.15, -0.1) is 0 Å². The van der Waals surface area contributed by atoms with Crippen molar-refractivity contribution in [3.63, 3.8) is 0 Å². The van der Waals surface area contributed by atoms with Crippen LogP contribution in [0.25, 0.3) is 6.08 Å². The van der Waals surface area contributed by atoms with Crippen LogP contribution in [0.4, 0.5) is 0 Å². The Labute approximate surface area is 206 Å². The Kier molecular flexibility index (Phi) is 8.69. The zero-order valence-electron chi connectivity index (χ0n) is 20.6. The molecule has 2 amide bonds. The molecule has 3 rings (SSSR count). The number of benzene rings is 2. The Hall–Kier alpha value is -4.05. The van der Waals surface area contributed by atoms with Gasteiger partial charge in [-0.1, -0.05) is 31.5 Å². The summed E-state index contributed by atoms with van der Waals surface area (Å²) in [6, 6.07) is 14.8. The van der Waals surface area contributed by atoms with E-state index in [9.17, 15) is 14.9 Å². The second-order valence-corrected chi connectivity index (χ2v) is 8.14. The molecule has 0 saturated heterocycles. The van der Waals surface area contributed by atoms with Crippen molar-refractivity contribution in [2.45, 2.75) is 33.1 Å². The molecule has 1 heterocycles. The molecule has 0 aromatic heterocycles. The lowest BCUT2D eigenvalue weighted by atomic mass is 9.93. The monoisotopic (exact) mass is 474 g/mol. The predicted molar refractivity (Wildman–Crippen MR) is 133 cm³/mol. The molecule has 1 aliphatic rings. The van der Waals surface area contributed by atoms with Crippen molar-refractivity contribution in [2.75, 3.05) is 27.4 Å². The van der Waals surface area contributed by atoms with E-state index in [0.29, 0.717) is 35.7 Å². The fraction of sp³-hybridized carbons (Fsp3) is 0.321. The molecule has 0 fully saturated rings. The van der Waals surface area contributed by atoms with E-state index in [4.69, 9.17) is 14.2 Å². The van der Waals surface area contributed by atoms with Crippen LogP contribution in [-0.2, 0) is 16.0 Å². The summed E-state index contributed by atoms with van der Waals surface area (Å²) in [5, 5.41) is 9.63. The van der Waals surface area contributed by atoms with Crippen LogP contribution in [0.2, 0.25) is 0 Å². The SMILES string of the molecule is CCCCOc1ccc(/C=C2/C(=O)N(CCc3ccc(OC)c(OC)c3)C(=O)C(C#N)=C2C)cc1. The molecule has 0 N–H and O–H groups in total. The minimum Gasteiger partial charge on any atom is -0.494 e. The van der Waals surface area contributed by atoms with E-state index >= 15 is 0 Å². The second-order valence-electron chi connectivity index (χ2n) is 8.14. The Balaban J connectivity index is 1.83. The summed E-state index contributed by atoms with van der Waals surface area (Å²) in [6.07, 6.45) is 4.15. The quantitative estimate of drug-likeness (QED) is 0.281. The number of hydrogen-bond acceptors (Lipinski definition) is 6. The van der Waals surface area contributed by atoms with E-state index in [2.05, 4.69) is 6.92 Å². The van der Waals surface area contributed by atoms with Gasteiger partial charge in [0.15, 0.2) is 11.5 Å². The fourth-order valence-electron chi connectivity index (χ4n) is 3.77. The Morgan fingerprint density at radius 1 is 1.00 bits per heavy atom. The van der Waals surface area contributed by atoms with Gasteiger partial charge in [-0.3, -0.25) is 14.5 Å². The van der Waals surface area contributed by atoms with Crippen LogP contribution in [0, 0.1) is 11.3 Å². The first kappa shape index (κ1) is 25.6. The van der Waals surface area contributed by atoms with Gasteiger partial charge in [0.05, 0.1) is 20.8 Å². The Morgan fingerprint density at radius 3 is 2.34 bits per heavy atom. The third-order valence-corrected chi connectivity index (χ3v) is 5.86. The summed E-state index contributed by atoms with van der Waals surface area (Å²) in [5.41, 5.74) is 2.34. The number of carbonyl (C=O) groups excluding carboxylic acids is 2. The highest BCUT2D eigenvalue weighted by atomic mass is 16.5. The highest BCUT2D eigenvalue weighted by Gasteiger charge is 2.35. The van der Waals surface area contributed by atoms with Gasteiger partial charge in [0.1, 0.15) is 17.4 Å². The number of rotatable bonds is 10. The molecule has 35 heavy (non-hydrogen) atoms. The third-order valence-electron chi connectivity index (χ3n) is 5.86. The van der Waals surface area contributed by atoms with Crippen LogP contribution in [-0.4, -0.2) is 44.1 Å². The van der Waals surface area contributed by atoms with E-state index in [1.807, 2.05) is 42.5 Å². The van der Waals surface area contributed by atoms with Gasteiger partial charge in [-0.05, 0) is 66.8 Å². The molecule has 7 nitrogen and oxygen atoms in total. The molecule has 7 heteroatoms. The molecule has 0 saturated carbocycles. The van der Waals surface area contributed by atoms with Gasteiger partial charge in [-0.25, -0.2) is 0 Å². The summed E-state index contributed by atoms with van der Waals surface area (Å²) >= 11 is 0. The molecule has 2 aromatic rings. The number of unbranched alkanes of at least 4 members (excludes halogenated alkanes) is 1. The maximum Gasteiger partial charge on any atom is 0.271 e. The number of methoxy groups -OCH3 is 2. The average molecular weight is 475 g/mol. The van der Waals surface area contributed by atoms with Crippen molar-refractivity contribution < 1.29 is 23.8 Å². The molecule has 0 bridgehead atoms. The van der Waals surface area contributed by atoms with Gasteiger partial charge in [0.2, 0.25) is 0 Å². The minimum absolute atomic E-state index is 0.0253. The summed E-state index contributed by atoms with van der Waals surface area (Å²) in [6.45, 7) is 4.52. The van der Waals surface area contributed by atoms with Crippen LogP contribution < -0.4 is 14.2 Å². The summed E-state index contributed by atoms with van der Waals surface area (Å²) < 4.78 is 16.3. The van der Waals surface area contributed by atoms with Crippen molar-refractivity contribution in [3.05, 3.63) is 70.3 Å². The number of nitrogens with zero attached hydrogens (tertiary/aromatic N) is 2. The summed E-state index contributed by atoms with van der Waals surface area (Å²) in [4.78, 5) is 27.4. The molecular weight excluding hydrogens is 444 g/mol. The van der Waals surface area contributed by atoms with Gasteiger partial charge in [0.25, 0.3) is 11.8 Å².